The molecule has 2 heterocycles. The van der Waals surface area contributed by atoms with E-state index in [1.165, 1.54) is 33.4 Å². The van der Waals surface area contributed by atoms with Gasteiger partial charge in [0.2, 0.25) is 0 Å². The third-order valence-corrected chi connectivity index (χ3v) is 13.7. The molecule has 0 unspecified atom stereocenters. The van der Waals surface area contributed by atoms with E-state index in [0.29, 0.717) is 40.9 Å². The minimum Gasteiger partial charge on any atom is -0.490 e. The van der Waals surface area contributed by atoms with Crippen LogP contribution >= 0.6 is 11.6 Å². The number of rotatable bonds is 14. The summed E-state index contributed by atoms with van der Waals surface area (Å²) in [6, 6.07) is 32.4. The summed E-state index contributed by atoms with van der Waals surface area (Å²) in [5, 5.41) is 9.92. The Morgan fingerprint density at radius 1 is 0.738 bits per heavy atom. The standard InChI is InChI=1S/C26H28ClN3O4S.C21H23FN4O3S/c1-18(2)28-26(31)20-5-4-6-22(15-20)30(17-19-7-9-21(27)10-8-19)35(32,33)23-11-12-25-24(16-23)29(3)13-14-34-25;1-15(2)23-21(27)18-13-17(9-10-19(18)22)26(14-16-7-5-4-6-8-16)30(28,29)20-11-12-25(3)24-20/h4-12,15-16,18H,13-14,17H2,1-3H3,(H,28,31);4-13,15H,14H2,1-3H3,(H,23,27). The fourth-order valence-corrected chi connectivity index (χ4v) is 9.72. The number of aromatic nitrogens is 2. The molecule has 18 heteroatoms. The number of nitrogens with one attached hydrogen (secondary N) is 2. The lowest BCUT2D eigenvalue weighted by Crippen LogP contribution is -2.33. The summed E-state index contributed by atoms with van der Waals surface area (Å²) in [6.45, 7) is 8.53. The van der Waals surface area contributed by atoms with Crippen LogP contribution in [0.5, 0.6) is 5.75 Å². The highest BCUT2D eigenvalue weighted by molar-refractivity contribution is 7.93. The summed E-state index contributed by atoms with van der Waals surface area (Å²) in [7, 11) is -4.54. The molecule has 14 nitrogen and oxygen atoms in total. The Kier molecular flexibility index (Phi) is 15.2. The van der Waals surface area contributed by atoms with Gasteiger partial charge in [0, 0.05) is 43.0 Å². The van der Waals surface area contributed by atoms with Crippen LogP contribution < -0.4 is 28.9 Å². The number of anilines is 3. The molecule has 1 aromatic heterocycles. The smallest absolute Gasteiger partial charge is 0.283 e. The van der Waals surface area contributed by atoms with Crippen molar-refractivity contribution in [1.82, 2.24) is 20.4 Å². The molecule has 5 aromatic carbocycles. The molecule has 342 valence electrons. The van der Waals surface area contributed by atoms with E-state index in [-0.39, 0.29) is 52.3 Å². The lowest BCUT2D eigenvalue weighted by atomic mass is 10.1. The maximum Gasteiger partial charge on any atom is 0.283 e. The third-order valence-electron chi connectivity index (χ3n) is 9.98. The van der Waals surface area contributed by atoms with Crippen molar-refractivity contribution in [2.75, 3.05) is 33.7 Å². The number of sulfonamides is 2. The second-order valence-corrected chi connectivity index (χ2v) is 19.9. The number of fused-ring (bicyclic) bond motifs is 1. The highest BCUT2D eigenvalue weighted by Gasteiger charge is 2.30. The molecule has 6 aromatic rings. The van der Waals surface area contributed by atoms with Crippen LogP contribution in [-0.4, -0.2) is 70.7 Å². The first kappa shape index (κ1) is 48.0. The number of hydrogen-bond donors (Lipinski definition) is 2. The van der Waals surface area contributed by atoms with Gasteiger partial charge in [0.25, 0.3) is 31.9 Å². The van der Waals surface area contributed by atoms with Crippen LogP contribution in [0.1, 0.15) is 59.5 Å². The fourth-order valence-electron chi connectivity index (χ4n) is 6.73. The van der Waals surface area contributed by atoms with Crippen molar-refractivity contribution in [3.63, 3.8) is 0 Å². The number of likely N-dealkylation sites (N-methyl/N-ethyl adjacent to an activating group) is 1. The molecule has 0 aliphatic carbocycles. The zero-order chi connectivity index (χ0) is 47.1. The van der Waals surface area contributed by atoms with Crippen molar-refractivity contribution in [3.8, 4) is 5.75 Å². The van der Waals surface area contributed by atoms with Gasteiger partial charge in [-0.1, -0.05) is 60.1 Å². The second kappa shape index (κ2) is 20.6. The molecule has 0 saturated heterocycles. The Morgan fingerprint density at radius 2 is 1.37 bits per heavy atom. The van der Waals surface area contributed by atoms with Gasteiger partial charge in [0.05, 0.1) is 47.2 Å². The molecule has 1 aliphatic rings. The first-order chi connectivity index (χ1) is 30.8. The van der Waals surface area contributed by atoms with E-state index in [1.54, 1.807) is 112 Å². The highest BCUT2D eigenvalue weighted by atomic mass is 35.5. The van der Waals surface area contributed by atoms with E-state index in [4.69, 9.17) is 16.3 Å². The monoisotopic (exact) mass is 943 g/mol. The molecule has 2 N–H and O–H groups in total. The van der Waals surface area contributed by atoms with Crippen LogP contribution in [0.3, 0.4) is 0 Å². The number of ether oxygens (including phenoxy) is 1. The van der Waals surface area contributed by atoms with Crippen molar-refractivity contribution in [2.24, 2.45) is 7.05 Å². The van der Waals surface area contributed by atoms with E-state index >= 15 is 0 Å². The predicted molar refractivity (Wildman–Crippen MR) is 251 cm³/mol. The van der Waals surface area contributed by atoms with Gasteiger partial charge < -0.3 is 20.3 Å². The molecule has 0 fully saturated rings. The Labute approximate surface area is 384 Å². The van der Waals surface area contributed by atoms with Gasteiger partial charge >= 0.3 is 0 Å². The summed E-state index contributed by atoms with van der Waals surface area (Å²) in [5.74, 6) is -0.960. The van der Waals surface area contributed by atoms with Crippen molar-refractivity contribution >= 4 is 60.5 Å². The summed E-state index contributed by atoms with van der Waals surface area (Å²) < 4.78 is 78.5. The number of carbonyl (C=O) groups is 2. The first-order valence-electron chi connectivity index (χ1n) is 20.7. The number of nitrogens with zero attached hydrogens (tertiary/aromatic N) is 5. The summed E-state index contributed by atoms with van der Waals surface area (Å²) in [4.78, 5) is 27.1. The van der Waals surface area contributed by atoms with Crippen molar-refractivity contribution in [3.05, 3.63) is 161 Å². The second-order valence-electron chi connectivity index (χ2n) is 15.8. The maximum atomic E-state index is 14.3. The van der Waals surface area contributed by atoms with E-state index in [0.717, 1.165) is 21.5 Å². The molecule has 0 radical (unpaired) electrons. The van der Waals surface area contributed by atoms with E-state index in [9.17, 15) is 30.8 Å². The molecule has 65 heavy (non-hydrogen) atoms. The zero-order valence-corrected chi connectivity index (χ0v) is 39.2. The first-order valence-corrected chi connectivity index (χ1v) is 23.9. The van der Waals surface area contributed by atoms with Gasteiger partial charge in [0.1, 0.15) is 18.2 Å². The Bertz CT molecular complexity index is 2860. The molecular weight excluding hydrogens is 893 g/mol. The SMILES string of the molecule is CC(C)NC(=O)c1cc(N(Cc2ccccc2)S(=O)(=O)c2ccn(C)n2)ccc1F.CC(C)NC(=O)c1cccc(N(Cc2ccc(Cl)cc2)S(=O)(=O)c2ccc3c(c2)N(C)CCO3)c1. The number of aryl methyl sites for hydroxylation is 1. The molecule has 7 rings (SSSR count). The normalized spacial score (nSPS) is 12.4. The Morgan fingerprint density at radius 3 is 2.02 bits per heavy atom. The summed E-state index contributed by atoms with van der Waals surface area (Å²) in [6.07, 6.45) is 1.53. The number of halogens is 2. The topological polar surface area (TPSA) is 163 Å². The lowest BCUT2D eigenvalue weighted by molar-refractivity contribution is 0.0932. The Hall–Kier alpha value is -6.43. The molecular formula is C47H51ClFN7O7S2. The van der Waals surface area contributed by atoms with Crippen LogP contribution in [-0.2, 0) is 40.2 Å². The summed E-state index contributed by atoms with van der Waals surface area (Å²) >= 11 is 6.04. The molecule has 1 aliphatic heterocycles. The predicted octanol–water partition coefficient (Wildman–Crippen LogP) is 7.80. The molecule has 0 atom stereocenters. The average molecular weight is 945 g/mol. The number of carbonyl (C=O) groups excluding carboxylic acids is 2. The zero-order valence-electron chi connectivity index (χ0n) is 36.8. The van der Waals surface area contributed by atoms with Crippen LogP contribution in [0.2, 0.25) is 5.02 Å². The molecule has 0 saturated carbocycles. The fraction of sp³-hybridized carbons (Fsp3) is 0.255. The highest BCUT2D eigenvalue weighted by Crippen LogP contribution is 2.36. The maximum absolute atomic E-state index is 14.3. The van der Waals surface area contributed by atoms with Gasteiger partial charge in [-0.2, -0.15) is 13.5 Å². The van der Waals surface area contributed by atoms with Gasteiger partial charge in [-0.15, -0.1) is 0 Å². The van der Waals surface area contributed by atoms with Crippen LogP contribution in [0.15, 0.2) is 137 Å². The molecule has 2 amide bonds. The van der Waals surface area contributed by atoms with Crippen LogP contribution in [0, 0.1) is 5.82 Å². The van der Waals surface area contributed by atoms with Crippen LogP contribution in [0.25, 0.3) is 0 Å². The number of amides is 2. The average Bonchev–Trinajstić information content (AvgIpc) is 3.73. The minimum atomic E-state index is -4.06. The van der Waals surface area contributed by atoms with E-state index < -0.39 is 31.8 Å². The van der Waals surface area contributed by atoms with Gasteiger partial charge in [-0.05, 0) is 112 Å². The van der Waals surface area contributed by atoms with Crippen molar-refractivity contribution < 1.29 is 35.6 Å². The Balaban J connectivity index is 0.000000218. The molecule has 0 bridgehead atoms. The minimum absolute atomic E-state index is 0.00335. The summed E-state index contributed by atoms with van der Waals surface area (Å²) in [5.41, 5.74) is 2.91. The third kappa shape index (κ3) is 11.8. The van der Waals surface area contributed by atoms with Gasteiger partial charge in [-0.25, -0.2) is 12.8 Å². The van der Waals surface area contributed by atoms with Crippen LogP contribution in [0.4, 0.5) is 21.5 Å². The number of benzene rings is 5. The lowest BCUT2D eigenvalue weighted by Gasteiger charge is -2.29. The van der Waals surface area contributed by atoms with Crippen molar-refractivity contribution in [1.29, 1.82) is 0 Å². The largest absolute Gasteiger partial charge is 0.490 e. The van der Waals surface area contributed by atoms with E-state index in [1.807, 2.05) is 31.9 Å². The van der Waals surface area contributed by atoms with Crippen molar-refractivity contribution in [2.45, 2.75) is 62.8 Å². The molecule has 0 spiro atoms. The quantitative estimate of drug-likeness (QED) is 0.111. The van der Waals surface area contributed by atoms with Gasteiger partial charge in [0.15, 0.2) is 5.03 Å². The van der Waals surface area contributed by atoms with E-state index in [2.05, 4.69) is 15.7 Å². The number of hydrogen-bond acceptors (Lipinski definition) is 9. The van der Waals surface area contributed by atoms with Gasteiger partial charge in [-0.3, -0.25) is 22.9 Å².